The van der Waals surface area contributed by atoms with Gasteiger partial charge in [-0.15, -0.1) is 11.3 Å². The third kappa shape index (κ3) is 3.51. The number of nitrogens with zero attached hydrogens (tertiary/aromatic N) is 2. The summed E-state index contributed by atoms with van der Waals surface area (Å²) in [6.07, 6.45) is 0.831. The summed E-state index contributed by atoms with van der Waals surface area (Å²) in [5.74, 6) is 0. The molecule has 0 aromatic carbocycles. The Balaban J connectivity index is 2.16. The van der Waals surface area contributed by atoms with Gasteiger partial charge in [0.05, 0.1) is 0 Å². The second-order valence-corrected chi connectivity index (χ2v) is 5.03. The maximum Gasteiger partial charge on any atom is 0.443 e. The third-order valence-electron chi connectivity index (χ3n) is 2.65. The van der Waals surface area contributed by atoms with Crippen LogP contribution >= 0.6 is 11.3 Å². The Morgan fingerprint density at radius 1 is 1.32 bits per heavy atom. The van der Waals surface area contributed by atoms with Crippen LogP contribution in [0.2, 0.25) is 0 Å². The lowest BCUT2D eigenvalue weighted by Gasteiger charge is -2.13. The predicted octanol–water partition coefficient (Wildman–Crippen LogP) is 3.06. The lowest BCUT2D eigenvalue weighted by Crippen LogP contribution is -2.17. The SMILES string of the molecule is CNC(Cc1ccncc1)c1cnc(C(F)(F)F)s1. The summed E-state index contributed by atoms with van der Waals surface area (Å²) in [4.78, 5) is 7.92. The first-order valence-corrected chi connectivity index (χ1v) is 6.41. The molecule has 0 saturated heterocycles. The number of hydrogen-bond acceptors (Lipinski definition) is 4. The topological polar surface area (TPSA) is 37.8 Å². The Hall–Kier alpha value is -1.47. The molecule has 102 valence electrons. The van der Waals surface area contributed by atoms with E-state index in [1.54, 1.807) is 19.4 Å². The van der Waals surface area contributed by atoms with Crippen LogP contribution in [0.4, 0.5) is 13.2 Å². The summed E-state index contributed by atoms with van der Waals surface area (Å²) in [5, 5.41) is 2.21. The summed E-state index contributed by atoms with van der Waals surface area (Å²) in [7, 11) is 1.72. The Bertz CT molecular complexity index is 525. The number of alkyl halides is 3. The van der Waals surface area contributed by atoms with Crippen molar-refractivity contribution in [2.45, 2.75) is 18.6 Å². The van der Waals surface area contributed by atoms with Gasteiger partial charge in [-0.1, -0.05) is 0 Å². The number of thiazole rings is 1. The van der Waals surface area contributed by atoms with Gasteiger partial charge in [-0.05, 0) is 31.2 Å². The Morgan fingerprint density at radius 3 is 2.53 bits per heavy atom. The summed E-state index contributed by atoms with van der Waals surface area (Å²) in [6, 6.07) is 3.50. The fourth-order valence-corrected chi connectivity index (χ4v) is 2.57. The van der Waals surface area contributed by atoms with E-state index in [9.17, 15) is 13.2 Å². The predicted molar refractivity (Wildman–Crippen MR) is 66.9 cm³/mol. The Labute approximate surface area is 112 Å². The highest BCUT2D eigenvalue weighted by Gasteiger charge is 2.35. The number of likely N-dealkylation sites (N-methyl/N-ethyl adjacent to an activating group) is 1. The van der Waals surface area contributed by atoms with Gasteiger partial charge < -0.3 is 5.32 Å². The van der Waals surface area contributed by atoms with Gasteiger partial charge >= 0.3 is 6.18 Å². The molecular formula is C12H12F3N3S. The van der Waals surface area contributed by atoms with Crippen molar-refractivity contribution in [2.24, 2.45) is 0 Å². The monoisotopic (exact) mass is 287 g/mol. The smallest absolute Gasteiger partial charge is 0.312 e. The van der Waals surface area contributed by atoms with E-state index in [-0.39, 0.29) is 6.04 Å². The molecule has 2 heterocycles. The highest BCUT2D eigenvalue weighted by atomic mass is 32.1. The van der Waals surface area contributed by atoms with E-state index in [1.807, 2.05) is 12.1 Å². The fourth-order valence-electron chi connectivity index (χ4n) is 1.68. The average molecular weight is 287 g/mol. The molecule has 0 bridgehead atoms. The van der Waals surface area contributed by atoms with Crippen molar-refractivity contribution in [1.82, 2.24) is 15.3 Å². The van der Waals surface area contributed by atoms with Gasteiger partial charge in [-0.3, -0.25) is 4.98 Å². The second-order valence-electron chi connectivity index (χ2n) is 3.97. The first-order valence-electron chi connectivity index (χ1n) is 5.60. The Morgan fingerprint density at radius 2 is 2.00 bits per heavy atom. The molecule has 2 rings (SSSR count). The first-order chi connectivity index (χ1) is 9.00. The molecule has 19 heavy (non-hydrogen) atoms. The summed E-state index contributed by atoms with van der Waals surface area (Å²) in [5.41, 5.74) is 1.01. The lowest BCUT2D eigenvalue weighted by atomic mass is 10.1. The van der Waals surface area contributed by atoms with Crippen molar-refractivity contribution < 1.29 is 13.2 Å². The van der Waals surface area contributed by atoms with Gasteiger partial charge in [0.15, 0.2) is 5.01 Å². The highest BCUT2D eigenvalue weighted by Crippen LogP contribution is 2.34. The molecule has 0 aliphatic heterocycles. The largest absolute Gasteiger partial charge is 0.443 e. The van der Waals surface area contributed by atoms with E-state index in [1.165, 1.54) is 6.20 Å². The maximum atomic E-state index is 12.5. The zero-order valence-corrected chi connectivity index (χ0v) is 10.9. The molecule has 1 N–H and O–H groups in total. The molecule has 0 amide bonds. The average Bonchev–Trinajstić information content (AvgIpc) is 2.86. The van der Waals surface area contributed by atoms with Crippen LogP contribution in [0.1, 0.15) is 21.5 Å². The molecule has 3 nitrogen and oxygen atoms in total. The minimum absolute atomic E-state index is 0.184. The van der Waals surface area contributed by atoms with E-state index in [0.29, 0.717) is 22.6 Å². The van der Waals surface area contributed by atoms with E-state index in [2.05, 4.69) is 15.3 Å². The number of rotatable bonds is 4. The molecule has 0 radical (unpaired) electrons. The molecule has 0 spiro atoms. The molecule has 2 aromatic rings. The number of halogens is 3. The van der Waals surface area contributed by atoms with Crippen LogP contribution in [0, 0.1) is 0 Å². The number of aromatic nitrogens is 2. The van der Waals surface area contributed by atoms with Crippen LogP contribution in [0.25, 0.3) is 0 Å². The Kier molecular flexibility index (Phi) is 4.16. The molecule has 0 fully saturated rings. The van der Waals surface area contributed by atoms with Crippen LogP contribution < -0.4 is 5.32 Å². The molecule has 0 saturated carbocycles. The standard InChI is InChI=1S/C12H12F3N3S/c1-16-9(6-8-2-4-17-5-3-8)10-7-18-11(19-10)12(13,14)15/h2-5,7,9,16H,6H2,1H3. The minimum Gasteiger partial charge on any atom is -0.312 e. The van der Waals surface area contributed by atoms with Crippen molar-refractivity contribution in [3.63, 3.8) is 0 Å². The first kappa shape index (κ1) is 14.0. The van der Waals surface area contributed by atoms with Crippen LogP contribution in [-0.4, -0.2) is 17.0 Å². The molecule has 0 aliphatic rings. The fraction of sp³-hybridized carbons (Fsp3) is 0.333. The quantitative estimate of drug-likeness (QED) is 0.939. The van der Waals surface area contributed by atoms with Crippen molar-refractivity contribution in [2.75, 3.05) is 7.05 Å². The lowest BCUT2D eigenvalue weighted by molar-refractivity contribution is -0.137. The van der Waals surface area contributed by atoms with Gasteiger partial charge in [0.1, 0.15) is 0 Å². The van der Waals surface area contributed by atoms with Crippen LogP contribution in [-0.2, 0) is 12.6 Å². The normalized spacial score (nSPS) is 13.5. The molecule has 2 aromatic heterocycles. The van der Waals surface area contributed by atoms with E-state index < -0.39 is 11.2 Å². The molecule has 1 atom stereocenters. The summed E-state index contributed by atoms with van der Waals surface area (Å²) < 4.78 is 37.5. The van der Waals surface area contributed by atoms with Gasteiger partial charge in [-0.25, -0.2) is 4.98 Å². The highest BCUT2D eigenvalue weighted by molar-refractivity contribution is 7.11. The van der Waals surface area contributed by atoms with E-state index >= 15 is 0 Å². The summed E-state index contributed by atoms with van der Waals surface area (Å²) in [6.45, 7) is 0. The zero-order valence-electron chi connectivity index (χ0n) is 10.1. The van der Waals surface area contributed by atoms with Crippen LogP contribution in [0.3, 0.4) is 0 Å². The van der Waals surface area contributed by atoms with Gasteiger partial charge in [-0.2, -0.15) is 13.2 Å². The molecule has 0 aliphatic carbocycles. The number of hydrogen-bond donors (Lipinski definition) is 1. The van der Waals surface area contributed by atoms with Gasteiger partial charge in [0.2, 0.25) is 0 Å². The van der Waals surface area contributed by atoms with Crippen LogP contribution in [0.15, 0.2) is 30.7 Å². The van der Waals surface area contributed by atoms with Crippen molar-refractivity contribution in [1.29, 1.82) is 0 Å². The number of pyridine rings is 1. The van der Waals surface area contributed by atoms with Crippen molar-refractivity contribution in [3.8, 4) is 0 Å². The van der Waals surface area contributed by atoms with E-state index in [0.717, 1.165) is 5.56 Å². The van der Waals surface area contributed by atoms with E-state index in [4.69, 9.17) is 0 Å². The van der Waals surface area contributed by atoms with Gasteiger partial charge in [0.25, 0.3) is 0 Å². The maximum absolute atomic E-state index is 12.5. The number of nitrogens with one attached hydrogen (secondary N) is 1. The second kappa shape index (κ2) is 5.66. The van der Waals surface area contributed by atoms with Crippen LogP contribution in [0.5, 0.6) is 0 Å². The van der Waals surface area contributed by atoms with Crippen molar-refractivity contribution >= 4 is 11.3 Å². The van der Waals surface area contributed by atoms with Crippen molar-refractivity contribution in [3.05, 3.63) is 46.2 Å². The molecule has 7 heteroatoms. The molecular weight excluding hydrogens is 275 g/mol. The van der Waals surface area contributed by atoms with Gasteiger partial charge in [0, 0.05) is 29.5 Å². The molecule has 1 unspecified atom stereocenters. The summed E-state index contributed by atoms with van der Waals surface area (Å²) >= 11 is 0.678. The third-order valence-corrected chi connectivity index (χ3v) is 3.80. The minimum atomic E-state index is -4.38. The zero-order chi connectivity index (χ0) is 13.9.